The number of nitrogens with one attached hydrogen (secondary N) is 2. The molecule has 0 atom stereocenters. The molecule has 0 aliphatic rings. The summed E-state index contributed by atoms with van der Waals surface area (Å²) in [5.41, 5.74) is 0.417. The fraction of sp³-hybridized carbons (Fsp3) is 0.333. The van der Waals surface area contributed by atoms with Crippen LogP contribution in [0.1, 0.15) is 12.2 Å². The standard InChI is InChI=1S/C12H14ClN3O2/c13-8-2-3-9-10(6-8)15-11(16-12(9)18)7-14-4-1-5-17/h2-3,6,14,17H,1,4-5,7H2,(H,15,16,18). The van der Waals surface area contributed by atoms with Gasteiger partial charge in [0.25, 0.3) is 5.56 Å². The number of H-pyrrole nitrogens is 1. The molecule has 1 aromatic heterocycles. The Balaban J connectivity index is 2.22. The number of aliphatic hydroxyl groups excluding tert-OH is 1. The molecule has 0 aliphatic heterocycles. The number of benzene rings is 1. The van der Waals surface area contributed by atoms with Crippen molar-refractivity contribution in [2.75, 3.05) is 13.2 Å². The maximum absolute atomic E-state index is 11.8. The first-order valence-electron chi connectivity index (χ1n) is 5.71. The van der Waals surface area contributed by atoms with E-state index in [-0.39, 0.29) is 12.2 Å². The minimum absolute atomic E-state index is 0.143. The average molecular weight is 268 g/mol. The Labute approximate surface area is 109 Å². The molecule has 96 valence electrons. The van der Waals surface area contributed by atoms with Crippen LogP contribution in [0.4, 0.5) is 0 Å². The van der Waals surface area contributed by atoms with Gasteiger partial charge < -0.3 is 15.4 Å². The molecular weight excluding hydrogens is 254 g/mol. The van der Waals surface area contributed by atoms with Crippen molar-refractivity contribution < 1.29 is 5.11 Å². The van der Waals surface area contributed by atoms with Gasteiger partial charge >= 0.3 is 0 Å². The molecule has 2 rings (SSSR count). The molecule has 0 radical (unpaired) electrons. The number of rotatable bonds is 5. The molecule has 1 heterocycles. The third-order valence-electron chi connectivity index (χ3n) is 2.52. The van der Waals surface area contributed by atoms with Crippen LogP contribution in [0.15, 0.2) is 23.0 Å². The van der Waals surface area contributed by atoms with Crippen molar-refractivity contribution in [3.05, 3.63) is 39.4 Å². The van der Waals surface area contributed by atoms with E-state index in [0.717, 1.165) is 0 Å². The summed E-state index contributed by atoms with van der Waals surface area (Å²) in [5, 5.41) is 12.8. The van der Waals surface area contributed by atoms with Gasteiger partial charge in [-0.05, 0) is 31.2 Å². The maximum Gasteiger partial charge on any atom is 0.258 e. The number of nitrogens with zero attached hydrogens (tertiary/aromatic N) is 1. The molecule has 0 saturated carbocycles. The SMILES string of the molecule is O=c1[nH]c(CNCCCO)nc2cc(Cl)ccc12. The lowest BCUT2D eigenvalue weighted by atomic mass is 10.2. The summed E-state index contributed by atoms with van der Waals surface area (Å²) in [6.07, 6.45) is 0.670. The van der Waals surface area contributed by atoms with Gasteiger partial charge in [-0.25, -0.2) is 4.98 Å². The predicted octanol–water partition coefficient (Wildman–Crippen LogP) is 1.05. The van der Waals surface area contributed by atoms with Gasteiger partial charge in [-0.2, -0.15) is 0 Å². The third kappa shape index (κ3) is 3.07. The number of hydrogen-bond acceptors (Lipinski definition) is 4. The van der Waals surface area contributed by atoms with Gasteiger partial charge in [-0.15, -0.1) is 0 Å². The van der Waals surface area contributed by atoms with Gasteiger partial charge in [0.2, 0.25) is 0 Å². The fourth-order valence-corrected chi connectivity index (χ4v) is 1.82. The van der Waals surface area contributed by atoms with Gasteiger partial charge in [0.1, 0.15) is 5.82 Å². The number of aliphatic hydroxyl groups is 1. The van der Waals surface area contributed by atoms with Crippen molar-refractivity contribution in [3.8, 4) is 0 Å². The van der Waals surface area contributed by atoms with E-state index in [1.54, 1.807) is 18.2 Å². The lowest BCUT2D eigenvalue weighted by Crippen LogP contribution is -2.20. The van der Waals surface area contributed by atoms with E-state index in [1.807, 2.05) is 0 Å². The summed E-state index contributed by atoms with van der Waals surface area (Å²) in [6.45, 7) is 1.27. The number of halogens is 1. The van der Waals surface area contributed by atoms with Crippen molar-refractivity contribution in [1.82, 2.24) is 15.3 Å². The molecule has 0 saturated heterocycles. The highest BCUT2D eigenvalue weighted by Gasteiger charge is 2.04. The van der Waals surface area contributed by atoms with Crippen molar-refractivity contribution in [2.45, 2.75) is 13.0 Å². The molecule has 0 bridgehead atoms. The first-order valence-corrected chi connectivity index (χ1v) is 6.08. The Morgan fingerprint density at radius 3 is 3.06 bits per heavy atom. The van der Waals surface area contributed by atoms with Gasteiger partial charge in [0.15, 0.2) is 0 Å². The Bertz CT molecular complexity index is 597. The molecule has 0 fully saturated rings. The quantitative estimate of drug-likeness (QED) is 0.708. The Morgan fingerprint density at radius 2 is 2.28 bits per heavy atom. The van der Waals surface area contributed by atoms with Gasteiger partial charge in [0, 0.05) is 11.6 Å². The molecule has 18 heavy (non-hydrogen) atoms. The van der Waals surface area contributed by atoms with E-state index in [0.29, 0.717) is 41.3 Å². The average Bonchev–Trinajstić information content (AvgIpc) is 2.34. The van der Waals surface area contributed by atoms with Crippen molar-refractivity contribution in [2.24, 2.45) is 0 Å². The van der Waals surface area contributed by atoms with Gasteiger partial charge in [-0.1, -0.05) is 11.6 Å². The summed E-state index contributed by atoms with van der Waals surface area (Å²) in [5.74, 6) is 0.563. The Kier molecular flexibility index (Phi) is 4.30. The summed E-state index contributed by atoms with van der Waals surface area (Å²) < 4.78 is 0. The van der Waals surface area contributed by atoms with Crippen LogP contribution in [-0.2, 0) is 6.54 Å². The largest absolute Gasteiger partial charge is 0.396 e. The Morgan fingerprint density at radius 1 is 1.44 bits per heavy atom. The molecule has 0 amide bonds. The van der Waals surface area contributed by atoms with Gasteiger partial charge in [0.05, 0.1) is 17.4 Å². The van der Waals surface area contributed by atoms with Crippen LogP contribution < -0.4 is 10.9 Å². The normalized spacial score (nSPS) is 11.0. The maximum atomic E-state index is 11.8. The Hall–Kier alpha value is -1.43. The second-order valence-corrected chi connectivity index (χ2v) is 4.36. The van der Waals surface area contributed by atoms with E-state index in [2.05, 4.69) is 15.3 Å². The van der Waals surface area contributed by atoms with E-state index in [4.69, 9.17) is 16.7 Å². The first kappa shape index (κ1) is 13.0. The zero-order chi connectivity index (χ0) is 13.0. The van der Waals surface area contributed by atoms with E-state index >= 15 is 0 Å². The summed E-state index contributed by atoms with van der Waals surface area (Å²) >= 11 is 5.87. The minimum atomic E-state index is -0.171. The number of aromatic nitrogens is 2. The van der Waals surface area contributed by atoms with Crippen molar-refractivity contribution >= 4 is 22.5 Å². The van der Waals surface area contributed by atoms with E-state index in [1.165, 1.54) is 0 Å². The monoisotopic (exact) mass is 267 g/mol. The molecular formula is C12H14ClN3O2. The van der Waals surface area contributed by atoms with Crippen LogP contribution in [-0.4, -0.2) is 28.2 Å². The van der Waals surface area contributed by atoms with Crippen LogP contribution in [0.5, 0.6) is 0 Å². The van der Waals surface area contributed by atoms with Crippen LogP contribution in [0.25, 0.3) is 10.9 Å². The highest BCUT2D eigenvalue weighted by atomic mass is 35.5. The van der Waals surface area contributed by atoms with Gasteiger partial charge in [-0.3, -0.25) is 4.79 Å². The molecule has 0 unspecified atom stereocenters. The third-order valence-corrected chi connectivity index (χ3v) is 2.76. The zero-order valence-corrected chi connectivity index (χ0v) is 10.5. The first-order chi connectivity index (χ1) is 8.70. The summed E-state index contributed by atoms with van der Waals surface area (Å²) in [7, 11) is 0. The lowest BCUT2D eigenvalue weighted by molar-refractivity contribution is 0.286. The van der Waals surface area contributed by atoms with Crippen LogP contribution >= 0.6 is 11.6 Å². The second-order valence-electron chi connectivity index (χ2n) is 3.93. The summed E-state index contributed by atoms with van der Waals surface area (Å²) in [4.78, 5) is 18.8. The molecule has 0 aliphatic carbocycles. The predicted molar refractivity (Wildman–Crippen MR) is 70.8 cm³/mol. The lowest BCUT2D eigenvalue weighted by Gasteiger charge is -2.04. The highest BCUT2D eigenvalue weighted by molar-refractivity contribution is 6.31. The number of aromatic amines is 1. The molecule has 5 nitrogen and oxygen atoms in total. The van der Waals surface area contributed by atoms with E-state index in [9.17, 15) is 4.79 Å². The molecule has 3 N–H and O–H groups in total. The molecule has 1 aromatic carbocycles. The van der Waals surface area contributed by atoms with Crippen molar-refractivity contribution in [3.63, 3.8) is 0 Å². The van der Waals surface area contributed by atoms with Crippen LogP contribution in [0.2, 0.25) is 5.02 Å². The van der Waals surface area contributed by atoms with Crippen molar-refractivity contribution in [1.29, 1.82) is 0 Å². The zero-order valence-electron chi connectivity index (χ0n) is 9.74. The smallest absolute Gasteiger partial charge is 0.258 e. The summed E-state index contributed by atoms with van der Waals surface area (Å²) in [6, 6.07) is 5.00. The highest BCUT2D eigenvalue weighted by Crippen LogP contribution is 2.14. The number of hydrogen-bond donors (Lipinski definition) is 3. The number of fused-ring (bicyclic) bond motifs is 1. The second kappa shape index (κ2) is 5.95. The molecule has 6 heteroatoms. The molecule has 0 spiro atoms. The fourth-order valence-electron chi connectivity index (χ4n) is 1.66. The minimum Gasteiger partial charge on any atom is -0.396 e. The molecule has 2 aromatic rings. The topological polar surface area (TPSA) is 78.0 Å². The van der Waals surface area contributed by atoms with Crippen LogP contribution in [0, 0.1) is 0 Å². The van der Waals surface area contributed by atoms with Crippen LogP contribution in [0.3, 0.4) is 0 Å². The van der Waals surface area contributed by atoms with E-state index < -0.39 is 0 Å².